The van der Waals surface area contributed by atoms with Gasteiger partial charge in [-0.3, -0.25) is 0 Å². The van der Waals surface area contributed by atoms with Gasteiger partial charge in [0.15, 0.2) is 0 Å². The van der Waals surface area contributed by atoms with Crippen LogP contribution >= 0.6 is 15.9 Å². The maximum atomic E-state index is 10.7. The van der Waals surface area contributed by atoms with Gasteiger partial charge in [0.1, 0.15) is 0 Å². The van der Waals surface area contributed by atoms with Gasteiger partial charge < -0.3 is 9.84 Å². The summed E-state index contributed by atoms with van der Waals surface area (Å²) in [6, 6.07) is 8.18. The summed E-state index contributed by atoms with van der Waals surface area (Å²) in [5.41, 5.74) is 0.560. The van der Waals surface area contributed by atoms with Crippen molar-refractivity contribution in [3.8, 4) is 0 Å². The predicted molar refractivity (Wildman–Crippen MR) is 76.6 cm³/mol. The summed E-state index contributed by atoms with van der Waals surface area (Å²) >= 11 is 3.47. The van der Waals surface area contributed by atoms with Crippen LogP contribution in [0.1, 0.15) is 32.3 Å². The topological polar surface area (TPSA) is 29.5 Å². The lowest BCUT2D eigenvalue weighted by Crippen LogP contribution is -2.44. The van der Waals surface area contributed by atoms with Crippen molar-refractivity contribution in [2.75, 3.05) is 6.61 Å². The molecule has 0 aromatic heterocycles. The SMILES string of the molecule is CC(C)C1CC(O)(Cc2cccc(Br)c2)CCO1. The molecule has 2 atom stereocenters. The van der Waals surface area contributed by atoms with E-state index in [9.17, 15) is 5.11 Å². The number of hydrogen-bond acceptors (Lipinski definition) is 2. The molecule has 0 spiro atoms. The quantitative estimate of drug-likeness (QED) is 0.924. The number of aliphatic hydroxyl groups is 1. The monoisotopic (exact) mass is 312 g/mol. The average Bonchev–Trinajstić information content (AvgIpc) is 2.28. The van der Waals surface area contributed by atoms with E-state index in [0.717, 1.165) is 17.3 Å². The van der Waals surface area contributed by atoms with E-state index in [-0.39, 0.29) is 6.10 Å². The summed E-state index contributed by atoms with van der Waals surface area (Å²) in [6.45, 7) is 4.96. The third-order valence-corrected chi connectivity index (χ3v) is 4.14. The zero-order valence-corrected chi connectivity index (χ0v) is 12.6. The molecule has 0 amide bonds. The van der Waals surface area contributed by atoms with Gasteiger partial charge in [-0.1, -0.05) is 41.9 Å². The molecule has 100 valence electrons. The van der Waals surface area contributed by atoms with Crippen LogP contribution in [-0.2, 0) is 11.2 Å². The van der Waals surface area contributed by atoms with E-state index in [1.54, 1.807) is 0 Å². The summed E-state index contributed by atoms with van der Waals surface area (Å²) in [7, 11) is 0. The Morgan fingerprint density at radius 1 is 1.50 bits per heavy atom. The molecule has 1 aliphatic heterocycles. The zero-order chi connectivity index (χ0) is 13.2. The van der Waals surface area contributed by atoms with Gasteiger partial charge in [-0.05, 0) is 30.0 Å². The minimum atomic E-state index is -0.617. The number of rotatable bonds is 3. The van der Waals surface area contributed by atoms with Crippen LogP contribution in [0, 0.1) is 5.92 Å². The highest BCUT2D eigenvalue weighted by molar-refractivity contribution is 9.10. The van der Waals surface area contributed by atoms with E-state index in [1.165, 1.54) is 5.56 Å². The predicted octanol–water partition coefficient (Wildman–Crippen LogP) is 3.56. The second kappa shape index (κ2) is 5.72. The molecule has 18 heavy (non-hydrogen) atoms. The lowest BCUT2D eigenvalue weighted by atomic mass is 9.82. The molecule has 1 N–H and O–H groups in total. The van der Waals surface area contributed by atoms with Crippen molar-refractivity contribution in [1.82, 2.24) is 0 Å². The van der Waals surface area contributed by atoms with Crippen LogP contribution in [0.25, 0.3) is 0 Å². The molecule has 2 unspecified atom stereocenters. The minimum Gasteiger partial charge on any atom is -0.389 e. The van der Waals surface area contributed by atoms with E-state index in [4.69, 9.17) is 4.74 Å². The molecule has 2 nitrogen and oxygen atoms in total. The lowest BCUT2D eigenvalue weighted by Gasteiger charge is -2.38. The van der Waals surface area contributed by atoms with Gasteiger partial charge in [-0.2, -0.15) is 0 Å². The Bertz CT molecular complexity index is 405. The average molecular weight is 313 g/mol. The molecule has 1 saturated heterocycles. The molecule has 1 aromatic rings. The third kappa shape index (κ3) is 3.56. The van der Waals surface area contributed by atoms with Gasteiger partial charge in [0, 0.05) is 23.9 Å². The van der Waals surface area contributed by atoms with Crippen molar-refractivity contribution < 1.29 is 9.84 Å². The number of hydrogen-bond donors (Lipinski definition) is 1. The van der Waals surface area contributed by atoms with Crippen molar-refractivity contribution in [3.63, 3.8) is 0 Å². The van der Waals surface area contributed by atoms with Crippen LogP contribution in [0.4, 0.5) is 0 Å². The second-order valence-corrected chi connectivity index (χ2v) is 6.55. The Hall–Kier alpha value is -0.380. The third-order valence-electron chi connectivity index (χ3n) is 3.65. The zero-order valence-electron chi connectivity index (χ0n) is 11.0. The van der Waals surface area contributed by atoms with Crippen molar-refractivity contribution >= 4 is 15.9 Å². The summed E-state index contributed by atoms with van der Waals surface area (Å²) in [5, 5.41) is 10.7. The molecule has 0 saturated carbocycles. The normalized spacial score (nSPS) is 28.6. The standard InChI is InChI=1S/C15H21BrO2/c1-11(2)14-10-15(17,6-7-18-14)9-12-4-3-5-13(16)8-12/h3-5,8,11,14,17H,6-7,9-10H2,1-2H3. The first-order chi connectivity index (χ1) is 8.48. The molecule has 1 fully saturated rings. The number of ether oxygens (including phenoxy) is 1. The molecule has 1 aliphatic rings. The molecule has 0 radical (unpaired) electrons. The first-order valence-electron chi connectivity index (χ1n) is 6.57. The molecule has 3 heteroatoms. The lowest BCUT2D eigenvalue weighted by molar-refractivity contribution is -0.116. The van der Waals surface area contributed by atoms with Crippen LogP contribution in [0.15, 0.2) is 28.7 Å². The van der Waals surface area contributed by atoms with Gasteiger partial charge in [0.2, 0.25) is 0 Å². The molecular weight excluding hydrogens is 292 g/mol. The molecule has 0 bridgehead atoms. The van der Waals surface area contributed by atoms with E-state index in [1.807, 2.05) is 12.1 Å². The molecule has 1 aromatic carbocycles. The summed E-state index contributed by atoms with van der Waals surface area (Å²) in [4.78, 5) is 0. The Kier molecular flexibility index (Phi) is 4.46. The van der Waals surface area contributed by atoms with E-state index in [2.05, 4.69) is 41.9 Å². The Morgan fingerprint density at radius 2 is 2.28 bits per heavy atom. The van der Waals surface area contributed by atoms with Crippen LogP contribution in [0.5, 0.6) is 0 Å². The highest BCUT2D eigenvalue weighted by Gasteiger charge is 2.36. The van der Waals surface area contributed by atoms with Crippen molar-refractivity contribution in [3.05, 3.63) is 34.3 Å². The summed E-state index contributed by atoms with van der Waals surface area (Å²) in [6.07, 6.45) is 2.34. The Balaban J connectivity index is 2.07. The maximum absolute atomic E-state index is 10.7. The fraction of sp³-hybridized carbons (Fsp3) is 0.600. The van der Waals surface area contributed by atoms with Gasteiger partial charge in [-0.15, -0.1) is 0 Å². The van der Waals surface area contributed by atoms with Gasteiger partial charge in [-0.25, -0.2) is 0 Å². The summed E-state index contributed by atoms with van der Waals surface area (Å²) < 4.78 is 6.79. The van der Waals surface area contributed by atoms with E-state index < -0.39 is 5.60 Å². The first kappa shape index (κ1) is 14.0. The fourth-order valence-corrected chi connectivity index (χ4v) is 3.00. The highest BCUT2D eigenvalue weighted by Crippen LogP contribution is 2.31. The number of benzene rings is 1. The molecule has 0 aliphatic carbocycles. The number of halogens is 1. The summed E-state index contributed by atoms with van der Waals surface area (Å²) in [5.74, 6) is 0.458. The van der Waals surface area contributed by atoms with Gasteiger partial charge in [0.25, 0.3) is 0 Å². The maximum Gasteiger partial charge on any atom is 0.0734 e. The van der Waals surface area contributed by atoms with Gasteiger partial charge in [0.05, 0.1) is 11.7 Å². The molecule has 2 rings (SSSR count). The van der Waals surface area contributed by atoms with Crippen LogP contribution in [0.3, 0.4) is 0 Å². The molecular formula is C15H21BrO2. The molecule has 1 heterocycles. The Morgan fingerprint density at radius 3 is 2.94 bits per heavy atom. The van der Waals surface area contributed by atoms with Crippen LogP contribution < -0.4 is 0 Å². The van der Waals surface area contributed by atoms with E-state index >= 15 is 0 Å². The van der Waals surface area contributed by atoms with Gasteiger partial charge >= 0.3 is 0 Å². The van der Waals surface area contributed by atoms with Crippen molar-refractivity contribution in [2.45, 2.75) is 44.8 Å². The van der Waals surface area contributed by atoms with E-state index in [0.29, 0.717) is 18.9 Å². The Labute approximate surface area is 117 Å². The van der Waals surface area contributed by atoms with Crippen molar-refractivity contribution in [2.24, 2.45) is 5.92 Å². The second-order valence-electron chi connectivity index (χ2n) is 5.64. The van der Waals surface area contributed by atoms with Crippen LogP contribution in [0.2, 0.25) is 0 Å². The largest absolute Gasteiger partial charge is 0.389 e. The van der Waals surface area contributed by atoms with Crippen molar-refractivity contribution in [1.29, 1.82) is 0 Å². The van der Waals surface area contributed by atoms with Crippen LogP contribution in [-0.4, -0.2) is 23.4 Å². The minimum absolute atomic E-state index is 0.177. The first-order valence-corrected chi connectivity index (χ1v) is 7.36. The fourth-order valence-electron chi connectivity index (χ4n) is 2.55. The highest BCUT2D eigenvalue weighted by atomic mass is 79.9. The smallest absolute Gasteiger partial charge is 0.0734 e.